The Labute approximate surface area is 125 Å². The molecular weight excluding hydrogens is 274 g/mol. The van der Waals surface area contributed by atoms with Crippen molar-refractivity contribution in [3.05, 3.63) is 0 Å². The normalized spacial score (nSPS) is 13.5. The number of likely N-dealkylation sites (N-methyl/N-ethyl adjacent to an activating group) is 1. The number of rotatable bonds is 10. The monoisotopic (exact) mass is 301 g/mol. The number of carboxylic acids is 1. The maximum atomic E-state index is 12.1. The highest BCUT2D eigenvalue weighted by molar-refractivity contribution is 5.86. The van der Waals surface area contributed by atoms with Gasteiger partial charge < -0.3 is 27.2 Å². The molecule has 2 atom stereocenters. The van der Waals surface area contributed by atoms with Crippen molar-refractivity contribution in [2.75, 3.05) is 13.6 Å². The third-order valence-corrected chi connectivity index (χ3v) is 2.93. The lowest BCUT2D eigenvalue weighted by molar-refractivity contribution is -0.142. The Morgan fingerprint density at radius 3 is 2.29 bits per heavy atom. The van der Waals surface area contributed by atoms with Crippen LogP contribution in [0.2, 0.25) is 0 Å². The number of aliphatic imine (C=N–C) groups is 1. The van der Waals surface area contributed by atoms with Crippen LogP contribution in [0.4, 0.5) is 0 Å². The molecule has 0 bridgehead atoms. The van der Waals surface area contributed by atoms with Crippen molar-refractivity contribution in [3.8, 4) is 0 Å². The molecule has 0 aliphatic carbocycles. The Hall–Kier alpha value is -1.83. The summed E-state index contributed by atoms with van der Waals surface area (Å²) < 4.78 is 0. The largest absolute Gasteiger partial charge is 0.480 e. The molecule has 0 rings (SSSR count). The summed E-state index contributed by atoms with van der Waals surface area (Å²) in [4.78, 5) is 27.0. The van der Waals surface area contributed by atoms with Crippen molar-refractivity contribution in [1.82, 2.24) is 10.6 Å². The molecule has 0 aromatic rings. The molecule has 0 fully saturated rings. The van der Waals surface area contributed by atoms with Crippen molar-refractivity contribution >= 4 is 17.8 Å². The Morgan fingerprint density at radius 2 is 1.86 bits per heavy atom. The van der Waals surface area contributed by atoms with Crippen LogP contribution >= 0.6 is 0 Å². The van der Waals surface area contributed by atoms with Gasteiger partial charge >= 0.3 is 5.97 Å². The van der Waals surface area contributed by atoms with Crippen LogP contribution in [0.15, 0.2) is 4.99 Å². The third-order valence-electron chi connectivity index (χ3n) is 2.93. The Kier molecular flexibility index (Phi) is 9.11. The van der Waals surface area contributed by atoms with Gasteiger partial charge in [0.25, 0.3) is 0 Å². The average molecular weight is 301 g/mol. The van der Waals surface area contributed by atoms with E-state index >= 15 is 0 Å². The van der Waals surface area contributed by atoms with Crippen molar-refractivity contribution in [1.29, 1.82) is 0 Å². The quantitative estimate of drug-likeness (QED) is 0.204. The van der Waals surface area contributed by atoms with Gasteiger partial charge in [-0.1, -0.05) is 13.8 Å². The molecule has 0 unspecified atom stereocenters. The molecule has 0 aromatic carbocycles. The number of nitrogens with one attached hydrogen (secondary N) is 2. The van der Waals surface area contributed by atoms with E-state index in [0.717, 1.165) is 0 Å². The summed E-state index contributed by atoms with van der Waals surface area (Å²) in [5, 5.41) is 14.6. The molecule has 8 nitrogen and oxygen atoms in total. The van der Waals surface area contributed by atoms with Crippen LogP contribution in [0.5, 0.6) is 0 Å². The van der Waals surface area contributed by atoms with E-state index in [1.165, 1.54) is 0 Å². The SMILES string of the molecule is CN[C@@H](CCCN=C(N)N)C(=O)N[C@@H](CC(C)C)C(=O)O. The number of guanidine groups is 1. The number of carboxylic acid groups (broad SMARTS) is 1. The lowest BCUT2D eigenvalue weighted by Gasteiger charge is -2.21. The molecule has 122 valence electrons. The van der Waals surface area contributed by atoms with E-state index in [1.807, 2.05) is 13.8 Å². The topological polar surface area (TPSA) is 143 Å². The van der Waals surface area contributed by atoms with Crippen molar-refractivity contribution in [2.45, 2.75) is 45.2 Å². The van der Waals surface area contributed by atoms with Crippen LogP contribution in [0, 0.1) is 5.92 Å². The minimum Gasteiger partial charge on any atom is -0.480 e. The predicted octanol–water partition coefficient (Wildman–Crippen LogP) is -0.756. The summed E-state index contributed by atoms with van der Waals surface area (Å²) >= 11 is 0. The molecular formula is C13H27N5O3. The van der Waals surface area contributed by atoms with Gasteiger partial charge in [0, 0.05) is 6.54 Å². The fourth-order valence-corrected chi connectivity index (χ4v) is 1.88. The second kappa shape index (κ2) is 9.98. The minimum atomic E-state index is -1.02. The zero-order valence-electron chi connectivity index (χ0n) is 12.9. The molecule has 21 heavy (non-hydrogen) atoms. The zero-order valence-corrected chi connectivity index (χ0v) is 12.9. The molecule has 1 amide bonds. The van der Waals surface area contributed by atoms with Gasteiger partial charge in [-0.05, 0) is 32.2 Å². The molecule has 0 aromatic heterocycles. The fraction of sp³-hybridized carbons (Fsp3) is 0.769. The highest BCUT2D eigenvalue weighted by Crippen LogP contribution is 2.06. The van der Waals surface area contributed by atoms with E-state index in [1.54, 1.807) is 7.05 Å². The standard InChI is InChI=1S/C13H27N5O3/c1-8(2)7-10(12(20)21)18-11(19)9(16-3)5-4-6-17-13(14)15/h8-10,16H,4-7H2,1-3H3,(H,18,19)(H,20,21)(H4,14,15,17)/t9-,10-/m0/s1. The maximum absolute atomic E-state index is 12.1. The molecule has 0 aliphatic rings. The van der Waals surface area contributed by atoms with Crippen molar-refractivity contribution in [3.63, 3.8) is 0 Å². The number of amides is 1. The van der Waals surface area contributed by atoms with Gasteiger partial charge in [-0.2, -0.15) is 0 Å². The Balaban J connectivity index is 4.41. The summed E-state index contributed by atoms with van der Waals surface area (Å²) in [7, 11) is 1.66. The van der Waals surface area contributed by atoms with Crippen LogP contribution in [0.3, 0.4) is 0 Å². The number of nitrogens with zero attached hydrogens (tertiary/aromatic N) is 1. The lowest BCUT2D eigenvalue weighted by Crippen LogP contribution is -2.49. The minimum absolute atomic E-state index is 0.0170. The fourth-order valence-electron chi connectivity index (χ4n) is 1.88. The zero-order chi connectivity index (χ0) is 16.4. The number of aliphatic carboxylic acids is 1. The van der Waals surface area contributed by atoms with Crippen molar-refractivity contribution < 1.29 is 14.7 Å². The van der Waals surface area contributed by atoms with Crippen LogP contribution in [0.1, 0.15) is 33.1 Å². The molecule has 0 saturated carbocycles. The first kappa shape index (κ1) is 19.2. The van der Waals surface area contributed by atoms with Crippen molar-refractivity contribution in [2.24, 2.45) is 22.4 Å². The second-order valence-electron chi connectivity index (χ2n) is 5.32. The van der Waals surface area contributed by atoms with Crippen LogP contribution < -0.4 is 22.1 Å². The molecule has 0 radical (unpaired) electrons. The first-order valence-corrected chi connectivity index (χ1v) is 7.03. The summed E-state index contributed by atoms with van der Waals surface area (Å²) in [6.07, 6.45) is 1.54. The number of hydrogen-bond acceptors (Lipinski definition) is 4. The first-order valence-electron chi connectivity index (χ1n) is 7.03. The molecule has 0 saturated heterocycles. The lowest BCUT2D eigenvalue weighted by atomic mass is 10.0. The van der Waals surface area contributed by atoms with Gasteiger partial charge in [0.1, 0.15) is 6.04 Å². The van der Waals surface area contributed by atoms with Gasteiger partial charge in [0.15, 0.2) is 5.96 Å². The van der Waals surface area contributed by atoms with Gasteiger partial charge in [-0.15, -0.1) is 0 Å². The van der Waals surface area contributed by atoms with Gasteiger partial charge in [-0.3, -0.25) is 9.79 Å². The molecule has 0 heterocycles. The summed E-state index contributed by atoms with van der Waals surface area (Å²) in [6, 6.07) is -1.33. The van der Waals surface area contributed by atoms with Gasteiger partial charge in [-0.25, -0.2) is 4.79 Å². The van der Waals surface area contributed by atoms with Crippen LogP contribution in [-0.4, -0.2) is 48.6 Å². The summed E-state index contributed by atoms with van der Waals surface area (Å²) in [5.74, 6) is -1.15. The van der Waals surface area contributed by atoms with Gasteiger partial charge in [0.05, 0.1) is 6.04 Å². The molecule has 8 heteroatoms. The van der Waals surface area contributed by atoms with Crippen LogP contribution in [-0.2, 0) is 9.59 Å². The summed E-state index contributed by atoms with van der Waals surface area (Å²) in [5.41, 5.74) is 10.4. The number of carbonyl (C=O) groups is 2. The number of nitrogens with two attached hydrogens (primary N) is 2. The highest BCUT2D eigenvalue weighted by atomic mass is 16.4. The molecule has 0 spiro atoms. The average Bonchev–Trinajstić information content (AvgIpc) is 2.36. The second-order valence-corrected chi connectivity index (χ2v) is 5.32. The predicted molar refractivity (Wildman–Crippen MR) is 81.8 cm³/mol. The maximum Gasteiger partial charge on any atom is 0.326 e. The molecule has 7 N–H and O–H groups in total. The third kappa shape index (κ3) is 8.85. The first-order chi connectivity index (χ1) is 9.77. The van der Waals surface area contributed by atoms with E-state index in [4.69, 9.17) is 16.6 Å². The van der Waals surface area contributed by atoms with Gasteiger partial charge in [0.2, 0.25) is 5.91 Å². The summed E-state index contributed by atoms with van der Waals surface area (Å²) in [6.45, 7) is 4.25. The van der Waals surface area contributed by atoms with E-state index in [2.05, 4.69) is 15.6 Å². The van der Waals surface area contributed by atoms with E-state index in [9.17, 15) is 9.59 Å². The van der Waals surface area contributed by atoms with E-state index in [-0.39, 0.29) is 17.8 Å². The van der Waals surface area contributed by atoms with Crippen LogP contribution in [0.25, 0.3) is 0 Å². The Bertz CT molecular complexity index is 367. The highest BCUT2D eigenvalue weighted by Gasteiger charge is 2.24. The van der Waals surface area contributed by atoms with E-state index in [0.29, 0.717) is 25.8 Å². The smallest absolute Gasteiger partial charge is 0.326 e. The molecule has 0 aliphatic heterocycles. The Morgan fingerprint density at radius 1 is 1.24 bits per heavy atom. The number of hydrogen-bond donors (Lipinski definition) is 5. The number of carbonyl (C=O) groups excluding carboxylic acids is 1. The van der Waals surface area contributed by atoms with E-state index < -0.39 is 18.1 Å².